The van der Waals surface area contributed by atoms with E-state index in [1.807, 2.05) is 5.38 Å². The van der Waals surface area contributed by atoms with Crippen molar-refractivity contribution in [1.82, 2.24) is 9.97 Å². The Bertz CT molecular complexity index is 1130. The van der Waals surface area contributed by atoms with Gasteiger partial charge >= 0.3 is 0 Å². The van der Waals surface area contributed by atoms with E-state index in [-0.39, 0.29) is 5.82 Å². The van der Waals surface area contributed by atoms with Crippen LogP contribution in [-0.2, 0) is 0 Å². The maximum atomic E-state index is 13.4. The first-order valence-corrected chi connectivity index (χ1v) is 10.6. The van der Waals surface area contributed by atoms with Gasteiger partial charge in [-0.1, -0.05) is 12.1 Å². The average molecular weight is 407 g/mol. The van der Waals surface area contributed by atoms with Crippen molar-refractivity contribution < 1.29 is 4.39 Å². The maximum absolute atomic E-state index is 13.4. The summed E-state index contributed by atoms with van der Waals surface area (Å²) in [5, 5.41) is 6.49. The third kappa shape index (κ3) is 3.80. The number of hydrogen-bond acceptors (Lipinski definition) is 5. The molecule has 0 atom stereocenters. The summed E-state index contributed by atoms with van der Waals surface area (Å²) < 4.78 is 13.4. The lowest BCUT2D eigenvalue weighted by molar-refractivity contribution is 0.628. The predicted molar refractivity (Wildman–Crippen MR) is 121 cm³/mol. The largest absolute Gasteiger partial charge is 0.372 e. The summed E-state index contributed by atoms with van der Waals surface area (Å²) in [6.07, 6.45) is 1.58. The van der Waals surface area contributed by atoms with Gasteiger partial charge in [-0.05, 0) is 62.2 Å². The normalized spacial score (nSPS) is 11.0. The maximum Gasteiger partial charge on any atom is 0.143 e. The van der Waals surface area contributed by atoms with Gasteiger partial charge in [-0.2, -0.15) is 0 Å². The molecule has 148 valence electrons. The lowest BCUT2D eigenvalue weighted by Crippen LogP contribution is -2.21. The number of hydrogen-bond donors (Lipinski definition) is 1. The number of aromatic nitrogens is 2. The molecule has 0 spiro atoms. The summed E-state index contributed by atoms with van der Waals surface area (Å²) in [5.74, 6) is 0.515. The van der Waals surface area contributed by atoms with Crippen molar-refractivity contribution in [2.45, 2.75) is 20.8 Å². The van der Waals surface area contributed by atoms with E-state index in [0.29, 0.717) is 0 Å². The number of rotatable bonds is 6. The summed E-state index contributed by atoms with van der Waals surface area (Å²) in [5.41, 5.74) is 5.33. The highest BCUT2D eigenvalue weighted by Crippen LogP contribution is 2.38. The van der Waals surface area contributed by atoms with Gasteiger partial charge in [0, 0.05) is 35.4 Å². The van der Waals surface area contributed by atoms with Crippen LogP contribution in [0, 0.1) is 12.7 Å². The number of benzene rings is 2. The summed E-state index contributed by atoms with van der Waals surface area (Å²) in [6.45, 7) is 8.38. The van der Waals surface area contributed by atoms with Crippen LogP contribution in [0.3, 0.4) is 0 Å². The Morgan fingerprint density at radius 1 is 1.03 bits per heavy atom. The molecule has 4 nitrogen and oxygen atoms in total. The zero-order valence-corrected chi connectivity index (χ0v) is 17.6. The van der Waals surface area contributed by atoms with Crippen LogP contribution in [0.1, 0.15) is 19.4 Å². The van der Waals surface area contributed by atoms with Crippen LogP contribution < -0.4 is 10.2 Å². The summed E-state index contributed by atoms with van der Waals surface area (Å²) in [7, 11) is 0. The van der Waals surface area contributed by atoms with E-state index in [9.17, 15) is 4.39 Å². The van der Waals surface area contributed by atoms with E-state index in [2.05, 4.69) is 59.2 Å². The Hall–Kier alpha value is -2.99. The molecule has 0 amide bonds. The van der Waals surface area contributed by atoms with Gasteiger partial charge in [0.25, 0.3) is 0 Å². The molecule has 4 aromatic rings. The van der Waals surface area contributed by atoms with Gasteiger partial charge in [0.05, 0.1) is 5.39 Å². The molecule has 0 unspecified atom stereocenters. The number of nitrogens with zero attached hydrogens (tertiary/aromatic N) is 3. The van der Waals surface area contributed by atoms with E-state index in [1.165, 1.54) is 17.8 Å². The van der Waals surface area contributed by atoms with E-state index in [0.717, 1.165) is 51.5 Å². The molecule has 0 radical (unpaired) electrons. The first kappa shape index (κ1) is 19.3. The number of aryl methyl sites for hydroxylation is 1. The Labute approximate surface area is 174 Å². The van der Waals surface area contributed by atoms with E-state index in [1.54, 1.807) is 29.8 Å². The molecule has 0 aliphatic heterocycles. The van der Waals surface area contributed by atoms with Crippen LogP contribution in [-0.4, -0.2) is 23.1 Å². The molecule has 1 N–H and O–H groups in total. The smallest absolute Gasteiger partial charge is 0.143 e. The fraction of sp³-hybridized carbons (Fsp3) is 0.217. The van der Waals surface area contributed by atoms with E-state index in [4.69, 9.17) is 0 Å². The second kappa shape index (κ2) is 8.17. The van der Waals surface area contributed by atoms with Gasteiger partial charge in [0.15, 0.2) is 0 Å². The van der Waals surface area contributed by atoms with Crippen molar-refractivity contribution in [2.75, 3.05) is 23.3 Å². The van der Waals surface area contributed by atoms with Crippen LogP contribution >= 0.6 is 11.3 Å². The number of halogens is 1. The molecular weight excluding hydrogens is 383 g/mol. The highest BCUT2D eigenvalue weighted by Gasteiger charge is 2.14. The van der Waals surface area contributed by atoms with Gasteiger partial charge < -0.3 is 10.2 Å². The first-order chi connectivity index (χ1) is 14.1. The van der Waals surface area contributed by atoms with Gasteiger partial charge in [0.2, 0.25) is 0 Å². The SMILES string of the molecule is CCN(CC)c1ccc(Nc2ncnc3scc(-c4ccc(F)cc4)c23)c(C)c1. The molecule has 0 aliphatic carbocycles. The Kier molecular flexibility index (Phi) is 5.45. The van der Waals surface area contributed by atoms with Gasteiger partial charge in [-0.3, -0.25) is 0 Å². The highest BCUT2D eigenvalue weighted by atomic mass is 32.1. The van der Waals surface area contributed by atoms with Crippen molar-refractivity contribution >= 4 is 38.7 Å². The zero-order valence-electron chi connectivity index (χ0n) is 16.7. The molecule has 4 rings (SSSR count). The molecule has 2 aromatic heterocycles. The Balaban J connectivity index is 1.73. The highest BCUT2D eigenvalue weighted by molar-refractivity contribution is 7.17. The van der Waals surface area contributed by atoms with Crippen LogP contribution in [0.15, 0.2) is 54.2 Å². The molecule has 29 heavy (non-hydrogen) atoms. The minimum atomic E-state index is -0.244. The van der Waals surface area contributed by atoms with Crippen molar-refractivity contribution in [3.05, 3.63) is 65.6 Å². The number of thiophene rings is 1. The molecule has 0 fully saturated rings. The van der Waals surface area contributed by atoms with Crippen LogP contribution in [0.2, 0.25) is 0 Å². The number of fused-ring (bicyclic) bond motifs is 1. The monoisotopic (exact) mass is 406 g/mol. The molecule has 0 saturated carbocycles. The number of anilines is 3. The molecular formula is C23H23FN4S. The minimum Gasteiger partial charge on any atom is -0.372 e. The summed E-state index contributed by atoms with van der Waals surface area (Å²) >= 11 is 1.56. The summed E-state index contributed by atoms with van der Waals surface area (Å²) in [6, 6.07) is 13.0. The van der Waals surface area contributed by atoms with Crippen LogP contribution in [0.25, 0.3) is 21.3 Å². The summed E-state index contributed by atoms with van der Waals surface area (Å²) in [4.78, 5) is 12.2. The van der Waals surface area contributed by atoms with Gasteiger partial charge in [-0.15, -0.1) is 11.3 Å². The second-order valence-corrected chi connectivity index (χ2v) is 7.71. The van der Waals surface area contributed by atoms with Crippen molar-refractivity contribution in [2.24, 2.45) is 0 Å². The molecule has 0 bridgehead atoms. The molecule has 0 aliphatic rings. The topological polar surface area (TPSA) is 41.0 Å². The van der Waals surface area contributed by atoms with Gasteiger partial charge in [0.1, 0.15) is 22.8 Å². The lowest BCUT2D eigenvalue weighted by Gasteiger charge is -2.22. The van der Waals surface area contributed by atoms with Crippen molar-refractivity contribution in [3.63, 3.8) is 0 Å². The molecule has 2 heterocycles. The van der Waals surface area contributed by atoms with Crippen LogP contribution in [0.5, 0.6) is 0 Å². The second-order valence-electron chi connectivity index (χ2n) is 6.86. The van der Waals surface area contributed by atoms with E-state index >= 15 is 0 Å². The molecule has 2 aromatic carbocycles. The third-order valence-corrected chi connectivity index (χ3v) is 6.00. The lowest BCUT2D eigenvalue weighted by atomic mass is 10.1. The minimum absolute atomic E-state index is 0.244. The van der Waals surface area contributed by atoms with Gasteiger partial charge in [-0.25, -0.2) is 14.4 Å². The fourth-order valence-electron chi connectivity index (χ4n) is 3.51. The molecule has 6 heteroatoms. The van der Waals surface area contributed by atoms with Crippen molar-refractivity contribution in [1.29, 1.82) is 0 Å². The Morgan fingerprint density at radius 3 is 2.48 bits per heavy atom. The number of nitrogens with one attached hydrogen (secondary N) is 1. The zero-order chi connectivity index (χ0) is 20.4. The third-order valence-electron chi connectivity index (χ3n) is 5.12. The fourth-order valence-corrected chi connectivity index (χ4v) is 4.43. The quantitative estimate of drug-likeness (QED) is 0.402. The average Bonchev–Trinajstić information content (AvgIpc) is 3.16. The van der Waals surface area contributed by atoms with E-state index < -0.39 is 0 Å². The van der Waals surface area contributed by atoms with Crippen LogP contribution in [0.4, 0.5) is 21.6 Å². The Morgan fingerprint density at radius 2 is 1.79 bits per heavy atom. The predicted octanol–water partition coefficient (Wildman–Crippen LogP) is 6.40. The first-order valence-electron chi connectivity index (χ1n) is 9.71. The van der Waals surface area contributed by atoms with Crippen molar-refractivity contribution in [3.8, 4) is 11.1 Å². The standard InChI is InChI=1S/C23H23FN4S/c1-4-28(5-2)18-10-11-20(15(3)12-18)27-22-21-19(13-29-23(21)26-14-25-22)16-6-8-17(24)9-7-16/h6-14H,4-5H2,1-3H3,(H,25,26,27). The molecule has 0 saturated heterocycles.